The van der Waals surface area contributed by atoms with Gasteiger partial charge in [-0.1, -0.05) is 11.3 Å². The van der Waals surface area contributed by atoms with Crippen LogP contribution in [0.5, 0.6) is 5.75 Å². The van der Waals surface area contributed by atoms with Crippen LogP contribution in [-0.2, 0) is 6.42 Å². The van der Waals surface area contributed by atoms with Crippen molar-refractivity contribution in [3.05, 3.63) is 23.3 Å². The van der Waals surface area contributed by atoms with Crippen LogP contribution in [0.2, 0.25) is 0 Å². The average molecular weight is 403 g/mol. The summed E-state index contributed by atoms with van der Waals surface area (Å²) in [5, 5.41) is 34.6. The number of hydrogen-bond acceptors (Lipinski definition) is 7. The minimum absolute atomic E-state index is 0.0628. The fourth-order valence-electron chi connectivity index (χ4n) is 4.96. The number of aromatic hydroxyl groups is 1. The third kappa shape index (κ3) is 3.63. The van der Waals surface area contributed by atoms with Crippen molar-refractivity contribution in [2.45, 2.75) is 76.6 Å². The maximum atomic E-state index is 10.5. The van der Waals surface area contributed by atoms with Crippen molar-refractivity contribution < 1.29 is 10.2 Å². The summed E-state index contributed by atoms with van der Waals surface area (Å²) in [6, 6.07) is 4.02. The van der Waals surface area contributed by atoms with Crippen LogP contribution in [0, 0.1) is 0 Å². The van der Waals surface area contributed by atoms with Crippen LogP contribution < -0.4 is 10.2 Å². The molecule has 1 aromatic carbocycles. The largest absolute Gasteiger partial charge is 0.507 e. The molecule has 6 nitrogen and oxygen atoms in total. The normalized spacial score (nSPS) is 23.6. The molecule has 1 fully saturated rings. The number of nitrogens with one attached hydrogen (secondary N) is 1. The van der Waals surface area contributed by atoms with Crippen LogP contribution in [0.4, 0.5) is 5.13 Å². The van der Waals surface area contributed by atoms with Crippen LogP contribution in [0.3, 0.4) is 0 Å². The first-order valence-corrected chi connectivity index (χ1v) is 10.8. The van der Waals surface area contributed by atoms with Crippen molar-refractivity contribution in [3.8, 4) is 16.3 Å². The smallest absolute Gasteiger partial charge is 0.208 e. The summed E-state index contributed by atoms with van der Waals surface area (Å²) in [5.41, 5.74) is 2.76. The van der Waals surface area contributed by atoms with E-state index in [1.54, 1.807) is 6.07 Å². The standard InChI is InChI=1S/C21H30N4O2S/c1-20(2)10-13(11-21(3,4)24-20)25(5)19-23-22-18(28-19)15-8-12-6-7-16(26)14(12)9-17(15)27/h8-9,13,16,24,26-27H,6-7,10-11H2,1-5H3. The van der Waals surface area contributed by atoms with Crippen molar-refractivity contribution in [2.24, 2.45) is 0 Å². The number of rotatable bonds is 3. The van der Waals surface area contributed by atoms with Crippen LogP contribution in [0.1, 0.15) is 64.2 Å². The zero-order valence-electron chi connectivity index (χ0n) is 17.3. The van der Waals surface area contributed by atoms with E-state index in [-0.39, 0.29) is 16.8 Å². The Hall–Kier alpha value is -1.70. The summed E-state index contributed by atoms with van der Waals surface area (Å²) in [6.07, 6.45) is 3.13. The number of aryl methyl sites for hydroxylation is 1. The van der Waals surface area contributed by atoms with E-state index in [0.29, 0.717) is 18.0 Å². The lowest BCUT2D eigenvalue weighted by molar-refractivity contribution is 0.161. The van der Waals surface area contributed by atoms with E-state index in [4.69, 9.17) is 0 Å². The van der Waals surface area contributed by atoms with Crippen molar-refractivity contribution in [1.29, 1.82) is 0 Å². The van der Waals surface area contributed by atoms with Gasteiger partial charge in [0, 0.05) is 24.2 Å². The molecule has 4 rings (SSSR count). The molecule has 1 aromatic heterocycles. The maximum Gasteiger partial charge on any atom is 0.208 e. The minimum atomic E-state index is -0.474. The molecular formula is C21H30N4O2S. The number of phenolic OH excluding ortho intramolecular Hbond substituents is 1. The highest BCUT2D eigenvalue weighted by molar-refractivity contribution is 7.18. The second-order valence-electron chi connectivity index (χ2n) is 9.58. The number of piperidine rings is 1. The van der Waals surface area contributed by atoms with Gasteiger partial charge in [0.05, 0.1) is 11.7 Å². The van der Waals surface area contributed by atoms with Gasteiger partial charge in [0.2, 0.25) is 5.13 Å². The molecule has 3 N–H and O–H groups in total. The van der Waals surface area contributed by atoms with Crippen molar-refractivity contribution in [3.63, 3.8) is 0 Å². The van der Waals surface area contributed by atoms with Crippen molar-refractivity contribution in [1.82, 2.24) is 15.5 Å². The molecular weight excluding hydrogens is 372 g/mol. The van der Waals surface area contributed by atoms with Gasteiger partial charge < -0.3 is 20.4 Å². The highest BCUT2D eigenvalue weighted by atomic mass is 32.1. The van der Waals surface area contributed by atoms with E-state index >= 15 is 0 Å². The van der Waals surface area contributed by atoms with E-state index in [1.165, 1.54) is 11.3 Å². The Morgan fingerprint density at radius 1 is 1.14 bits per heavy atom. The number of nitrogens with zero attached hydrogens (tertiary/aromatic N) is 3. The topological polar surface area (TPSA) is 81.5 Å². The number of hydrogen-bond donors (Lipinski definition) is 3. The molecule has 0 radical (unpaired) electrons. The number of aliphatic hydroxyl groups excluding tert-OH is 1. The highest BCUT2D eigenvalue weighted by Crippen LogP contribution is 2.42. The number of aliphatic hydroxyl groups is 1. The molecule has 2 aliphatic rings. The molecule has 0 saturated carbocycles. The fourth-order valence-corrected chi connectivity index (χ4v) is 5.86. The lowest BCUT2D eigenvalue weighted by Gasteiger charge is -2.48. The fraction of sp³-hybridized carbons (Fsp3) is 0.619. The zero-order chi connectivity index (χ0) is 20.3. The predicted octanol–water partition coefficient (Wildman–Crippen LogP) is 3.64. The molecule has 0 spiro atoms. The van der Waals surface area contributed by atoms with E-state index in [0.717, 1.165) is 40.5 Å². The first-order chi connectivity index (χ1) is 13.0. The molecule has 7 heteroatoms. The number of aromatic nitrogens is 2. The van der Waals surface area contributed by atoms with Gasteiger partial charge in [-0.2, -0.15) is 0 Å². The molecule has 28 heavy (non-hydrogen) atoms. The summed E-state index contributed by atoms with van der Waals surface area (Å²) in [6.45, 7) is 8.99. The molecule has 2 heterocycles. The van der Waals surface area contributed by atoms with Crippen molar-refractivity contribution in [2.75, 3.05) is 11.9 Å². The quantitative estimate of drug-likeness (QED) is 0.727. The van der Waals surface area contributed by atoms with Crippen LogP contribution in [-0.4, -0.2) is 44.6 Å². The van der Waals surface area contributed by atoms with E-state index in [1.807, 2.05) is 6.07 Å². The average Bonchev–Trinajstić information content (AvgIpc) is 3.18. The molecule has 1 saturated heterocycles. The first kappa shape index (κ1) is 19.6. The third-order valence-electron chi connectivity index (χ3n) is 5.97. The van der Waals surface area contributed by atoms with Crippen molar-refractivity contribution >= 4 is 16.5 Å². The summed E-state index contributed by atoms with van der Waals surface area (Å²) < 4.78 is 0. The first-order valence-electron chi connectivity index (χ1n) is 9.95. The Balaban J connectivity index is 1.60. The van der Waals surface area contributed by atoms with Gasteiger partial charge in [0.25, 0.3) is 0 Å². The number of fused-ring (bicyclic) bond motifs is 1. The maximum absolute atomic E-state index is 10.5. The molecule has 1 aliphatic heterocycles. The summed E-state index contributed by atoms with van der Waals surface area (Å²) in [7, 11) is 2.09. The second-order valence-corrected chi connectivity index (χ2v) is 10.5. The highest BCUT2D eigenvalue weighted by Gasteiger charge is 2.39. The molecule has 1 unspecified atom stereocenters. The number of phenols is 1. The Labute approximate surface area is 170 Å². The zero-order valence-corrected chi connectivity index (χ0v) is 18.1. The summed E-state index contributed by atoms with van der Waals surface area (Å²) >= 11 is 1.51. The Morgan fingerprint density at radius 2 is 1.82 bits per heavy atom. The van der Waals surface area contributed by atoms with Gasteiger partial charge >= 0.3 is 0 Å². The lowest BCUT2D eigenvalue weighted by Crippen LogP contribution is -2.61. The van der Waals surface area contributed by atoms with E-state index in [2.05, 4.69) is 55.2 Å². The predicted molar refractivity (Wildman–Crippen MR) is 113 cm³/mol. The summed E-state index contributed by atoms with van der Waals surface area (Å²) in [5.74, 6) is 0.161. The van der Waals surface area contributed by atoms with Gasteiger partial charge in [-0.05, 0) is 76.6 Å². The molecule has 2 aromatic rings. The monoisotopic (exact) mass is 402 g/mol. The Bertz CT molecular complexity index is 877. The molecule has 1 atom stereocenters. The molecule has 0 amide bonds. The molecule has 152 valence electrons. The van der Waals surface area contributed by atoms with Gasteiger partial charge in [0.15, 0.2) is 5.01 Å². The van der Waals surface area contributed by atoms with Crippen LogP contribution in [0.25, 0.3) is 10.6 Å². The number of anilines is 1. The molecule has 1 aliphatic carbocycles. The van der Waals surface area contributed by atoms with E-state index < -0.39 is 6.10 Å². The van der Waals surface area contributed by atoms with Gasteiger partial charge in [-0.15, -0.1) is 10.2 Å². The minimum Gasteiger partial charge on any atom is -0.507 e. The van der Waals surface area contributed by atoms with Crippen LogP contribution in [0.15, 0.2) is 12.1 Å². The number of benzene rings is 1. The Morgan fingerprint density at radius 3 is 2.50 bits per heavy atom. The SMILES string of the molecule is CN(c1nnc(-c2cc3c(cc2O)C(O)CC3)s1)C1CC(C)(C)NC(C)(C)C1. The second kappa shape index (κ2) is 6.68. The van der Waals surface area contributed by atoms with Crippen LogP contribution >= 0.6 is 11.3 Å². The van der Waals surface area contributed by atoms with Gasteiger partial charge in [-0.25, -0.2) is 0 Å². The lowest BCUT2D eigenvalue weighted by atomic mass is 9.79. The third-order valence-corrected chi connectivity index (χ3v) is 7.01. The van der Waals surface area contributed by atoms with Gasteiger partial charge in [-0.3, -0.25) is 0 Å². The van der Waals surface area contributed by atoms with E-state index in [9.17, 15) is 10.2 Å². The molecule has 0 bridgehead atoms. The summed E-state index contributed by atoms with van der Waals surface area (Å²) in [4.78, 5) is 2.24. The Kier molecular flexibility index (Phi) is 4.68. The van der Waals surface area contributed by atoms with Gasteiger partial charge in [0.1, 0.15) is 5.75 Å².